The number of hydrogen-bond acceptors (Lipinski definition) is 3. The van der Waals surface area contributed by atoms with E-state index < -0.39 is 0 Å². The zero-order valence-corrected chi connectivity index (χ0v) is 11.1. The molecule has 1 heterocycles. The van der Waals surface area contributed by atoms with Crippen molar-refractivity contribution in [3.05, 3.63) is 35.4 Å². The van der Waals surface area contributed by atoms with Crippen molar-refractivity contribution >= 4 is 5.78 Å². The molecule has 0 amide bonds. The van der Waals surface area contributed by atoms with Crippen molar-refractivity contribution in [2.24, 2.45) is 0 Å². The maximum atomic E-state index is 12.1. The Hall–Kier alpha value is -1.19. The van der Waals surface area contributed by atoms with E-state index in [0.717, 1.165) is 18.5 Å². The number of benzene rings is 1. The first-order valence-electron chi connectivity index (χ1n) is 6.60. The Kier molecular flexibility index (Phi) is 4.15. The van der Waals surface area contributed by atoms with Gasteiger partial charge < -0.3 is 5.11 Å². The maximum absolute atomic E-state index is 12.1. The second kappa shape index (κ2) is 5.63. The zero-order valence-electron chi connectivity index (χ0n) is 11.1. The van der Waals surface area contributed by atoms with Gasteiger partial charge in [-0.1, -0.05) is 38.1 Å². The van der Waals surface area contributed by atoms with Crippen LogP contribution in [0.15, 0.2) is 24.3 Å². The van der Waals surface area contributed by atoms with Crippen molar-refractivity contribution in [3.63, 3.8) is 0 Å². The van der Waals surface area contributed by atoms with Crippen LogP contribution in [-0.2, 0) is 0 Å². The summed E-state index contributed by atoms with van der Waals surface area (Å²) in [7, 11) is 0. The fraction of sp³-hybridized carbons (Fsp3) is 0.533. The van der Waals surface area contributed by atoms with Crippen LogP contribution in [0, 0.1) is 0 Å². The summed E-state index contributed by atoms with van der Waals surface area (Å²) in [6, 6.07) is 7.86. The van der Waals surface area contributed by atoms with Gasteiger partial charge in [0.05, 0.1) is 12.6 Å². The minimum Gasteiger partial charge on any atom is -0.392 e. The summed E-state index contributed by atoms with van der Waals surface area (Å²) in [6.07, 6.45) is 0.514. The van der Waals surface area contributed by atoms with Gasteiger partial charge in [-0.05, 0) is 17.9 Å². The van der Waals surface area contributed by atoms with E-state index in [-0.39, 0.29) is 11.9 Å². The summed E-state index contributed by atoms with van der Waals surface area (Å²) in [5.41, 5.74) is 2.02. The normalized spacial score (nSPS) is 20.6. The number of aliphatic hydroxyl groups is 1. The summed E-state index contributed by atoms with van der Waals surface area (Å²) in [5, 5.41) is 9.43. The molecule has 1 aromatic carbocycles. The summed E-state index contributed by atoms with van der Waals surface area (Å²) in [6.45, 7) is 6.13. The zero-order chi connectivity index (χ0) is 13.1. The number of Topliss-reactive ketones (excluding diaryl/α,β-unsaturated/α-hetero) is 1. The number of rotatable bonds is 4. The van der Waals surface area contributed by atoms with Crippen LogP contribution < -0.4 is 0 Å². The third-order valence-electron chi connectivity index (χ3n) is 3.51. The minimum atomic E-state index is -0.263. The molecular formula is C15H21NO2. The van der Waals surface area contributed by atoms with Crippen LogP contribution in [-0.4, -0.2) is 41.5 Å². The van der Waals surface area contributed by atoms with E-state index in [2.05, 4.69) is 13.8 Å². The third-order valence-corrected chi connectivity index (χ3v) is 3.51. The molecule has 0 bridgehead atoms. The lowest BCUT2D eigenvalue weighted by atomic mass is 10.0. The van der Waals surface area contributed by atoms with Gasteiger partial charge in [0.2, 0.25) is 0 Å². The number of β-amino-alcohol motifs (C(OH)–C–C–N with tert-alkyl or cyclic N) is 1. The SMILES string of the molecule is CC(C)c1ccc(C(=O)CN2CCC(O)C2)cc1. The van der Waals surface area contributed by atoms with Crippen molar-refractivity contribution in [2.45, 2.75) is 32.3 Å². The van der Waals surface area contributed by atoms with Crippen LogP contribution in [0.5, 0.6) is 0 Å². The van der Waals surface area contributed by atoms with Crippen LogP contribution in [0.2, 0.25) is 0 Å². The quantitative estimate of drug-likeness (QED) is 0.828. The van der Waals surface area contributed by atoms with Crippen LogP contribution in [0.25, 0.3) is 0 Å². The molecular weight excluding hydrogens is 226 g/mol. The van der Waals surface area contributed by atoms with E-state index in [0.29, 0.717) is 19.0 Å². The highest BCUT2D eigenvalue weighted by Crippen LogP contribution is 2.16. The van der Waals surface area contributed by atoms with E-state index in [1.54, 1.807) is 0 Å². The summed E-state index contributed by atoms with van der Waals surface area (Å²) >= 11 is 0. The average Bonchev–Trinajstić information content (AvgIpc) is 2.75. The van der Waals surface area contributed by atoms with E-state index in [1.165, 1.54) is 5.56 Å². The number of hydrogen-bond donors (Lipinski definition) is 1. The smallest absolute Gasteiger partial charge is 0.176 e. The number of nitrogens with zero attached hydrogens (tertiary/aromatic N) is 1. The Balaban J connectivity index is 1.96. The average molecular weight is 247 g/mol. The van der Waals surface area contributed by atoms with Crippen molar-refractivity contribution in [3.8, 4) is 0 Å². The second-order valence-corrected chi connectivity index (χ2v) is 5.38. The van der Waals surface area contributed by atoms with Gasteiger partial charge in [-0.25, -0.2) is 0 Å². The van der Waals surface area contributed by atoms with Crippen molar-refractivity contribution in [1.29, 1.82) is 0 Å². The fourth-order valence-corrected chi connectivity index (χ4v) is 2.30. The lowest BCUT2D eigenvalue weighted by Crippen LogP contribution is -2.28. The number of aliphatic hydroxyl groups excluding tert-OH is 1. The van der Waals surface area contributed by atoms with Crippen LogP contribution in [0.4, 0.5) is 0 Å². The summed E-state index contributed by atoms with van der Waals surface area (Å²) < 4.78 is 0. The molecule has 0 aromatic heterocycles. The molecule has 18 heavy (non-hydrogen) atoms. The van der Waals surface area contributed by atoms with Crippen molar-refractivity contribution < 1.29 is 9.90 Å². The van der Waals surface area contributed by atoms with Crippen LogP contribution >= 0.6 is 0 Å². The Morgan fingerprint density at radius 2 is 2.06 bits per heavy atom. The fourth-order valence-electron chi connectivity index (χ4n) is 2.30. The molecule has 2 rings (SSSR count). The Labute approximate surface area is 108 Å². The van der Waals surface area contributed by atoms with Gasteiger partial charge >= 0.3 is 0 Å². The second-order valence-electron chi connectivity index (χ2n) is 5.38. The first-order chi connectivity index (χ1) is 8.56. The van der Waals surface area contributed by atoms with E-state index in [9.17, 15) is 9.90 Å². The van der Waals surface area contributed by atoms with Gasteiger partial charge in [0.15, 0.2) is 5.78 Å². The molecule has 1 unspecified atom stereocenters. The molecule has 1 atom stereocenters. The Morgan fingerprint density at radius 1 is 1.39 bits per heavy atom. The maximum Gasteiger partial charge on any atom is 0.176 e. The van der Waals surface area contributed by atoms with Gasteiger partial charge in [0.1, 0.15) is 0 Å². The van der Waals surface area contributed by atoms with Gasteiger partial charge in [-0.2, -0.15) is 0 Å². The highest BCUT2D eigenvalue weighted by atomic mass is 16.3. The highest BCUT2D eigenvalue weighted by Gasteiger charge is 2.22. The van der Waals surface area contributed by atoms with Gasteiger partial charge in [-0.3, -0.25) is 9.69 Å². The Morgan fingerprint density at radius 3 is 2.56 bits per heavy atom. The van der Waals surface area contributed by atoms with E-state index in [4.69, 9.17) is 0 Å². The largest absolute Gasteiger partial charge is 0.392 e. The van der Waals surface area contributed by atoms with Crippen LogP contribution in [0.1, 0.15) is 42.1 Å². The first-order valence-corrected chi connectivity index (χ1v) is 6.60. The molecule has 0 radical (unpaired) electrons. The molecule has 1 aromatic rings. The van der Waals surface area contributed by atoms with E-state index in [1.807, 2.05) is 29.2 Å². The van der Waals surface area contributed by atoms with Crippen molar-refractivity contribution in [1.82, 2.24) is 4.90 Å². The molecule has 98 valence electrons. The molecule has 1 aliphatic rings. The number of carbonyl (C=O) groups is 1. The number of likely N-dealkylation sites (tertiary alicyclic amines) is 1. The van der Waals surface area contributed by atoms with Gasteiger partial charge in [0, 0.05) is 18.7 Å². The number of carbonyl (C=O) groups excluding carboxylic acids is 1. The Bertz CT molecular complexity index is 411. The van der Waals surface area contributed by atoms with Crippen molar-refractivity contribution in [2.75, 3.05) is 19.6 Å². The molecule has 0 saturated carbocycles. The molecule has 1 saturated heterocycles. The lowest BCUT2D eigenvalue weighted by Gasteiger charge is -2.14. The lowest BCUT2D eigenvalue weighted by molar-refractivity contribution is 0.0935. The van der Waals surface area contributed by atoms with Gasteiger partial charge in [-0.15, -0.1) is 0 Å². The summed E-state index contributed by atoms with van der Waals surface area (Å²) in [5.74, 6) is 0.627. The van der Waals surface area contributed by atoms with Crippen LogP contribution in [0.3, 0.4) is 0 Å². The standard InChI is InChI=1S/C15H21NO2/c1-11(2)12-3-5-13(6-4-12)15(18)10-16-8-7-14(17)9-16/h3-6,11,14,17H,7-10H2,1-2H3. The number of ketones is 1. The van der Waals surface area contributed by atoms with Gasteiger partial charge in [0.25, 0.3) is 0 Å². The molecule has 1 N–H and O–H groups in total. The first kappa shape index (κ1) is 13.2. The minimum absolute atomic E-state index is 0.138. The third kappa shape index (κ3) is 3.18. The van der Waals surface area contributed by atoms with E-state index >= 15 is 0 Å². The summed E-state index contributed by atoms with van der Waals surface area (Å²) in [4.78, 5) is 14.1. The predicted molar refractivity (Wildman–Crippen MR) is 71.9 cm³/mol. The molecule has 3 heteroatoms. The topological polar surface area (TPSA) is 40.5 Å². The monoisotopic (exact) mass is 247 g/mol. The molecule has 0 spiro atoms. The predicted octanol–water partition coefficient (Wildman–Crippen LogP) is 2.06. The molecule has 3 nitrogen and oxygen atoms in total. The molecule has 1 fully saturated rings. The molecule has 1 aliphatic heterocycles. The highest BCUT2D eigenvalue weighted by molar-refractivity contribution is 5.97. The molecule has 0 aliphatic carbocycles.